The van der Waals surface area contributed by atoms with Gasteiger partial charge in [0.2, 0.25) is 0 Å². The lowest BCUT2D eigenvalue weighted by molar-refractivity contribution is 0.0933. The van der Waals surface area contributed by atoms with E-state index in [-0.39, 0.29) is 17.1 Å². The van der Waals surface area contributed by atoms with Crippen molar-refractivity contribution < 1.29 is 14.6 Å². The number of anilines is 1. The molecule has 0 aromatic heterocycles. The number of nitrogens with zero attached hydrogens (tertiary/aromatic N) is 1. The van der Waals surface area contributed by atoms with Crippen molar-refractivity contribution in [3.8, 4) is 5.75 Å². The van der Waals surface area contributed by atoms with E-state index >= 15 is 0 Å². The van der Waals surface area contributed by atoms with Crippen molar-refractivity contribution in [1.29, 1.82) is 0 Å². The van der Waals surface area contributed by atoms with Crippen LogP contribution in [-0.2, 0) is 17.6 Å². The third kappa shape index (κ3) is 5.40. The highest BCUT2D eigenvalue weighted by Gasteiger charge is 2.29. The molecule has 1 amide bonds. The molecule has 2 aromatic carbocycles. The van der Waals surface area contributed by atoms with Crippen LogP contribution >= 0.6 is 0 Å². The van der Waals surface area contributed by atoms with Crippen LogP contribution in [0.25, 0.3) is 0 Å². The molecular weight excluding hydrogens is 388 g/mol. The van der Waals surface area contributed by atoms with Crippen molar-refractivity contribution in [3.05, 3.63) is 58.1 Å². The number of para-hydroxylation sites is 1. The molecule has 5 heteroatoms. The molecule has 2 aromatic rings. The number of nitrogens with one attached hydrogen (secondary N) is 1. The van der Waals surface area contributed by atoms with E-state index in [0.29, 0.717) is 12.1 Å². The minimum Gasteiger partial charge on any atom is -0.507 e. The first-order valence-electron chi connectivity index (χ1n) is 11.2. The van der Waals surface area contributed by atoms with Gasteiger partial charge >= 0.3 is 0 Å². The van der Waals surface area contributed by atoms with E-state index in [2.05, 4.69) is 44.0 Å². The SMILES string of the molecule is CCOCCN1CCc2c(C)cc(C)c(CC(C)(C)CNC(=O)c3ccccc3O)c21. The summed E-state index contributed by atoms with van der Waals surface area (Å²) in [7, 11) is 0. The lowest BCUT2D eigenvalue weighted by atomic mass is 9.82. The zero-order valence-electron chi connectivity index (χ0n) is 19.5. The summed E-state index contributed by atoms with van der Waals surface area (Å²) in [6, 6.07) is 8.96. The summed E-state index contributed by atoms with van der Waals surface area (Å²) in [4.78, 5) is 15.0. The second-order valence-corrected chi connectivity index (χ2v) is 9.29. The number of carbonyl (C=O) groups excluding carboxylic acids is 1. The van der Waals surface area contributed by atoms with Crippen LogP contribution in [0.1, 0.15) is 53.4 Å². The third-order valence-corrected chi connectivity index (χ3v) is 6.15. The second-order valence-electron chi connectivity index (χ2n) is 9.29. The maximum atomic E-state index is 12.6. The molecule has 168 valence electrons. The number of phenolic OH excluding ortho intramolecular Hbond substituents is 1. The summed E-state index contributed by atoms with van der Waals surface area (Å²) in [5.41, 5.74) is 7.04. The van der Waals surface area contributed by atoms with Gasteiger partial charge in [-0.15, -0.1) is 0 Å². The third-order valence-electron chi connectivity index (χ3n) is 6.15. The van der Waals surface area contributed by atoms with E-state index in [1.807, 2.05) is 6.92 Å². The average molecular weight is 425 g/mol. The Hall–Kier alpha value is -2.53. The normalized spacial score (nSPS) is 13.4. The van der Waals surface area contributed by atoms with Gasteiger partial charge in [-0.2, -0.15) is 0 Å². The van der Waals surface area contributed by atoms with Gasteiger partial charge in [-0.3, -0.25) is 4.79 Å². The number of amides is 1. The van der Waals surface area contributed by atoms with Gasteiger partial charge < -0.3 is 20.1 Å². The first-order chi connectivity index (χ1) is 14.7. The summed E-state index contributed by atoms with van der Waals surface area (Å²) in [5, 5.41) is 13.0. The van der Waals surface area contributed by atoms with Crippen LogP contribution in [0.5, 0.6) is 5.75 Å². The van der Waals surface area contributed by atoms with Crippen LogP contribution in [0.2, 0.25) is 0 Å². The summed E-state index contributed by atoms with van der Waals surface area (Å²) in [5.74, 6) is -0.231. The lowest BCUT2D eigenvalue weighted by Gasteiger charge is -2.30. The summed E-state index contributed by atoms with van der Waals surface area (Å²) in [6.45, 7) is 14.7. The van der Waals surface area contributed by atoms with Gasteiger partial charge in [0.1, 0.15) is 5.75 Å². The lowest BCUT2D eigenvalue weighted by Crippen LogP contribution is -2.36. The van der Waals surface area contributed by atoms with Gasteiger partial charge in [0, 0.05) is 31.9 Å². The van der Waals surface area contributed by atoms with Crippen molar-refractivity contribution in [2.45, 2.75) is 47.5 Å². The van der Waals surface area contributed by atoms with Gasteiger partial charge in [0.05, 0.1) is 12.2 Å². The van der Waals surface area contributed by atoms with Gasteiger partial charge in [-0.1, -0.05) is 32.0 Å². The van der Waals surface area contributed by atoms with Crippen molar-refractivity contribution >= 4 is 11.6 Å². The molecule has 2 N–H and O–H groups in total. The molecule has 0 radical (unpaired) electrons. The van der Waals surface area contributed by atoms with E-state index in [1.165, 1.54) is 34.0 Å². The standard InChI is InChI=1S/C26H36N2O3/c1-6-31-14-13-28-12-11-20-18(2)15-19(3)22(24(20)28)16-26(4,5)17-27-25(30)21-9-7-8-10-23(21)29/h7-10,15,29H,6,11-14,16-17H2,1-5H3,(H,27,30). The Morgan fingerprint density at radius 2 is 1.97 bits per heavy atom. The highest BCUT2D eigenvalue weighted by molar-refractivity contribution is 5.96. The fourth-order valence-corrected chi connectivity index (χ4v) is 4.50. The van der Waals surface area contributed by atoms with Crippen molar-refractivity contribution in [1.82, 2.24) is 5.32 Å². The van der Waals surface area contributed by atoms with Gasteiger partial charge in [0.15, 0.2) is 0 Å². The fourth-order valence-electron chi connectivity index (χ4n) is 4.50. The van der Waals surface area contributed by atoms with E-state index in [1.54, 1.807) is 18.2 Å². The predicted octanol–water partition coefficient (Wildman–Crippen LogP) is 4.41. The number of ether oxygens (including phenoxy) is 1. The van der Waals surface area contributed by atoms with Crippen molar-refractivity contribution in [2.24, 2.45) is 5.41 Å². The number of hydrogen-bond donors (Lipinski definition) is 2. The number of fused-ring (bicyclic) bond motifs is 1. The Balaban J connectivity index is 1.77. The van der Waals surface area contributed by atoms with Crippen LogP contribution in [0.4, 0.5) is 5.69 Å². The van der Waals surface area contributed by atoms with Crippen LogP contribution in [0.15, 0.2) is 30.3 Å². The van der Waals surface area contributed by atoms with Gasteiger partial charge in [0.25, 0.3) is 5.91 Å². The van der Waals surface area contributed by atoms with E-state index in [9.17, 15) is 9.90 Å². The van der Waals surface area contributed by atoms with E-state index in [4.69, 9.17) is 4.74 Å². The Morgan fingerprint density at radius 3 is 2.68 bits per heavy atom. The predicted molar refractivity (Wildman–Crippen MR) is 126 cm³/mol. The molecular formula is C26H36N2O3. The molecule has 0 aliphatic carbocycles. The maximum Gasteiger partial charge on any atom is 0.255 e. The number of benzene rings is 2. The second kappa shape index (κ2) is 9.73. The highest BCUT2D eigenvalue weighted by atomic mass is 16.5. The van der Waals surface area contributed by atoms with E-state index in [0.717, 1.165) is 39.1 Å². The van der Waals surface area contributed by atoms with Crippen molar-refractivity contribution in [2.75, 3.05) is 37.7 Å². The molecule has 0 spiro atoms. The van der Waals surface area contributed by atoms with Crippen LogP contribution in [0, 0.1) is 19.3 Å². The number of aryl methyl sites for hydroxylation is 2. The molecule has 1 heterocycles. The average Bonchev–Trinajstić information content (AvgIpc) is 3.14. The first kappa shape index (κ1) is 23.1. The van der Waals surface area contributed by atoms with Gasteiger partial charge in [-0.25, -0.2) is 0 Å². The van der Waals surface area contributed by atoms with E-state index < -0.39 is 0 Å². The quantitative estimate of drug-likeness (QED) is 0.586. The molecule has 0 fully saturated rings. The molecule has 0 atom stereocenters. The number of hydrogen-bond acceptors (Lipinski definition) is 4. The minimum atomic E-state index is -0.240. The summed E-state index contributed by atoms with van der Waals surface area (Å²) in [6.07, 6.45) is 1.94. The molecule has 0 bridgehead atoms. The topological polar surface area (TPSA) is 61.8 Å². The van der Waals surface area contributed by atoms with Crippen LogP contribution < -0.4 is 10.2 Å². The molecule has 31 heavy (non-hydrogen) atoms. The first-order valence-corrected chi connectivity index (χ1v) is 11.2. The Bertz CT molecular complexity index is 936. The number of rotatable bonds is 9. The summed E-state index contributed by atoms with van der Waals surface area (Å²) >= 11 is 0. The molecule has 0 unspecified atom stereocenters. The zero-order chi connectivity index (χ0) is 22.6. The largest absolute Gasteiger partial charge is 0.507 e. The molecule has 5 nitrogen and oxygen atoms in total. The summed E-state index contributed by atoms with van der Waals surface area (Å²) < 4.78 is 5.62. The Kier molecular flexibility index (Phi) is 7.26. The molecule has 1 aliphatic heterocycles. The molecule has 1 aliphatic rings. The highest BCUT2D eigenvalue weighted by Crippen LogP contribution is 2.39. The molecule has 3 rings (SSSR count). The van der Waals surface area contributed by atoms with Crippen LogP contribution in [0.3, 0.4) is 0 Å². The van der Waals surface area contributed by atoms with Crippen molar-refractivity contribution in [3.63, 3.8) is 0 Å². The monoisotopic (exact) mass is 424 g/mol. The Labute approximate surface area is 186 Å². The maximum absolute atomic E-state index is 12.6. The fraction of sp³-hybridized carbons (Fsp3) is 0.500. The van der Waals surface area contributed by atoms with Gasteiger partial charge in [-0.05, 0) is 73.4 Å². The minimum absolute atomic E-state index is 0.00921. The molecule has 0 saturated carbocycles. The Morgan fingerprint density at radius 1 is 1.23 bits per heavy atom. The zero-order valence-corrected chi connectivity index (χ0v) is 19.5. The number of carbonyl (C=O) groups is 1. The van der Waals surface area contributed by atoms with Crippen LogP contribution in [-0.4, -0.2) is 43.9 Å². The number of aromatic hydroxyl groups is 1. The number of phenols is 1. The molecule has 0 saturated heterocycles. The smallest absolute Gasteiger partial charge is 0.255 e.